The highest BCUT2D eigenvalue weighted by Crippen LogP contribution is 2.26. The first kappa shape index (κ1) is 18.0. The van der Waals surface area contributed by atoms with Crippen molar-refractivity contribution in [3.63, 3.8) is 0 Å². The smallest absolute Gasteiger partial charge is 0.295 e. The number of benzene rings is 2. The summed E-state index contributed by atoms with van der Waals surface area (Å²) in [4.78, 5) is 17.8. The van der Waals surface area contributed by atoms with Gasteiger partial charge in [0.15, 0.2) is 5.82 Å². The van der Waals surface area contributed by atoms with Crippen molar-refractivity contribution in [3.05, 3.63) is 83.0 Å². The van der Waals surface area contributed by atoms with Crippen LogP contribution in [0.2, 0.25) is 0 Å². The van der Waals surface area contributed by atoms with Crippen molar-refractivity contribution in [3.8, 4) is 16.4 Å². The molecule has 0 saturated heterocycles. The number of carbonyl (C=O) groups excluding carboxylic acids is 1. The van der Waals surface area contributed by atoms with E-state index in [1.165, 1.54) is 46.4 Å². The quantitative estimate of drug-likeness (QED) is 0.537. The monoisotopic (exact) mass is 396 g/mol. The minimum absolute atomic E-state index is 0.0728. The lowest BCUT2D eigenvalue weighted by Crippen LogP contribution is -2.15. The van der Waals surface area contributed by atoms with Gasteiger partial charge < -0.3 is 5.32 Å². The minimum Gasteiger partial charge on any atom is -0.319 e. The Balaban J connectivity index is 1.74. The van der Waals surface area contributed by atoms with E-state index in [4.69, 9.17) is 0 Å². The highest BCUT2D eigenvalue weighted by atomic mass is 32.1. The first-order valence-electron chi connectivity index (χ1n) is 8.35. The Morgan fingerprint density at radius 3 is 2.61 bits per heavy atom. The van der Waals surface area contributed by atoms with Gasteiger partial charge in [0.2, 0.25) is 5.82 Å². The van der Waals surface area contributed by atoms with Crippen LogP contribution < -0.4 is 5.32 Å². The van der Waals surface area contributed by atoms with Crippen molar-refractivity contribution < 1.29 is 13.6 Å². The molecule has 1 N–H and O–H groups in total. The molecule has 0 bridgehead atoms. The Morgan fingerprint density at radius 2 is 1.89 bits per heavy atom. The van der Waals surface area contributed by atoms with E-state index in [0.29, 0.717) is 22.8 Å². The van der Waals surface area contributed by atoms with E-state index >= 15 is 0 Å². The third-order valence-electron chi connectivity index (χ3n) is 4.04. The van der Waals surface area contributed by atoms with E-state index in [-0.39, 0.29) is 11.6 Å². The number of aromatic nitrogens is 3. The topological polar surface area (TPSA) is 59.8 Å². The van der Waals surface area contributed by atoms with E-state index < -0.39 is 11.7 Å². The van der Waals surface area contributed by atoms with Crippen molar-refractivity contribution in [2.75, 3.05) is 5.32 Å². The van der Waals surface area contributed by atoms with E-state index in [9.17, 15) is 13.6 Å². The van der Waals surface area contributed by atoms with Crippen LogP contribution in [0.1, 0.15) is 16.2 Å². The third-order valence-corrected chi connectivity index (χ3v) is 4.91. The van der Waals surface area contributed by atoms with Gasteiger partial charge in [-0.1, -0.05) is 12.1 Å². The average molecular weight is 396 g/mol. The van der Waals surface area contributed by atoms with Crippen LogP contribution in [0.25, 0.3) is 16.4 Å². The summed E-state index contributed by atoms with van der Waals surface area (Å²) in [5.41, 5.74) is 1.50. The summed E-state index contributed by atoms with van der Waals surface area (Å²) in [7, 11) is 0. The molecule has 0 aliphatic heterocycles. The number of nitrogens with one attached hydrogen (secondary N) is 1. The summed E-state index contributed by atoms with van der Waals surface area (Å²) >= 11 is 1.43. The van der Waals surface area contributed by atoms with Crippen LogP contribution in [0, 0.1) is 18.6 Å². The number of nitrogens with zero attached hydrogens (tertiary/aromatic N) is 3. The predicted octanol–water partition coefficient (Wildman–Crippen LogP) is 4.83. The standard InChI is InChI=1S/C20H14F2N4OS/c1-12-10-14(22)7-8-16(12)23-20(27)18-24-19(17-6-3-9-28-17)26(25-18)15-5-2-4-13(21)11-15/h2-11H,1H3,(H,23,27). The second kappa shape index (κ2) is 7.32. The molecule has 8 heteroatoms. The molecular weight excluding hydrogens is 382 g/mol. The fraction of sp³-hybridized carbons (Fsp3) is 0.0500. The lowest BCUT2D eigenvalue weighted by Gasteiger charge is -2.06. The number of thiophene rings is 1. The predicted molar refractivity (Wildman–Crippen MR) is 104 cm³/mol. The van der Waals surface area contributed by atoms with Crippen LogP contribution in [0.5, 0.6) is 0 Å². The van der Waals surface area contributed by atoms with Crippen molar-refractivity contribution >= 4 is 22.9 Å². The van der Waals surface area contributed by atoms with Gasteiger partial charge in [-0.05, 0) is 60.3 Å². The second-order valence-electron chi connectivity index (χ2n) is 6.04. The zero-order valence-electron chi connectivity index (χ0n) is 14.7. The maximum atomic E-state index is 13.7. The molecule has 0 fully saturated rings. The molecule has 5 nitrogen and oxygen atoms in total. The molecular formula is C20H14F2N4OS. The van der Waals surface area contributed by atoms with Gasteiger partial charge in [-0.25, -0.2) is 18.4 Å². The maximum Gasteiger partial charge on any atom is 0.295 e. The number of aryl methyl sites for hydroxylation is 1. The van der Waals surface area contributed by atoms with E-state index in [2.05, 4.69) is 15.4 Å². The largest absolute Gasteiger partial charge is 0.319 e. The third kappa shape index (κ3) is 3.54. The molecule has 0 saturated carbocycles. The normalized spacial score (nSPS) is 10.8. The lowest BCUT2D eigenvalue weighted by atomic mass is 10.2. The molecule has 0 aliphatic carbocycles. The Morgan fingerprint density at radius 1 is 1.07 bits per heavy atom. The van der Waals surface area contributed by atoms with Crippen molar-refractivity contribution in [2.24, 2.45) is 0 Å². The molecule has 4 aromatic rings. The molecule has 0 atom stereocenters. The Kier molecular flexibility index (Phi) is 4.70. The van der Waals surface area contributed by atoms with Crippen LogP contribution in [0.15, 0.2) is 60.0 Å². The van der Waals surface area contributed by atoms with Crippen molar-refractivity contribution in [1.29, 1.82) is 0 Å². The fourth-order valence-corrected chi connectivity index (χ4v) is 3.41. The number of rotatable bonds is 4. The Labute approximate surface area is 163 Å². The average Bonchev–Trinajstić information content (AvgIpc) is 3.33. The first-order chi connectivity index (χ1) is 13.5. The van der Waals surface area contributed by atoms with E-state index in [0.717, 1.165) is 4.88 Å². The molecule has 28 heavy (non-hydrogen) atoms. The number of hydrogen-bond acceptors (Lipinski definition) is 4. The van der Waals surface area contributed by atoms with Gasteiger partial charge in [0.1, 0.15) is 11.6 Å². The van der Waals surface area contributed by atoms with Gasteiger partial charge in [0.25, 0.3) is 5.91 Å². The van der Waals surface area contributed by atoms with E-state index in [1.807, 2.05) is 17.5 Å². The summed E-state index contributed by atoms with van der Waals surface area (Å²) in [5, 5.41) is 8.84. The van der Waals surface area contributed by atoms with Crippen LogP contribution >= 0.6 is 11.3 Å². The van der Waals surface area contributed by atoms with Gasteiger partial charge in [0.05, 0.1) is 10.6 Å². The molecule has 4 rings (SSSR count). The highest BCUT2D eigenvalue weighted by molar-refractivity contribution is 7.13. The van der Waals surface area contributed by atoms with Gasteiger partial charge in [-0.3, -0.25) is 4.79 Å². The number of carbonyl (C=O) groups is 1. The Bertz CT molecular complexity index is 1150. The van der Waals surface area contributed by atoms with Gasteiger partial charge in [-0.2, -0.15) is 0 Å². The molecule has 2 aromatic carbocycles. The molecule has 2 aromatic heterocycles. The van der Waals surface area contributed by atoms with Crippen LogP contribution in [0.4, 0.5) is 14.5 Å². The second-order valence-corrected chi connectivity index (χ2v) is 6.99. The van der Waals surface area contributed by atoms with Gasteiger partial charge in [-0.15, -0.1) is 16.4 Å². The summed E-state index contributed by atoms with van der Waals surface area (Å²) in [5.74, 6) is -0.984. The highest BCUT2D eigenvalue weighted by Gasteiger charge is 2.20. The summed E-state index contributed by atoms with van der Waals surface area (Å²) < 4.78 is 28.4. The number of anilines is 1. The van der Waals surface area contributed by atoms with Crippen LogP contribution in [0.3, 0.4) is 0 Å². The number of halogens is 2. The lowest BCUT2D eigenvalue weighted by molar-refractivity contribution is 0.101. The van der Waals surface area contributed by atoms with Gasteiger partial charge >= 0.3 is 0 Å². The van der Waals surface area contributed by atoms with Crippen LogP contribution in [-0.4, -0.2) is 20.7 Å². The van der Waals surface area contributed by atoms with E-state index in [1.54, 1.807) is 19.1 Å². The zero-order valence-corrected chi connectivity index (χ0v) is 15.5. The van der Waals surface area contributed by atoms with Crippen molar-refractivity contribution in [2.45, 2.75) is 6.92 Å². The number of hydrogen-bond donors (Lipinski definition) is 1. The van der Waals surface area contributed by atoms with Gasteiger partial charge in [0, 0.05) is 5.69 Å². The maximum absolute atomic E-state index is 13.7. The summed E-state index contributed by atoms with van der Waals surface area (Å²) in [6.45, 7) is 1.69. The Hall–Kier alpha value is -3.39. The van der Waals surface area contributed by atoms with Crippen LogP contribution in [-0.2, 0) is 0 Å². The molecule has 0 spiro atoms. The summed E-state index contributed by atoms with van der Waals surface area (Å²) in [6.07, 6.45) is 0. The SMILES string of the molecule is Cc1cc(F)ccc1NC(=O)c1nc(-c2cccs2)n(-c2cccc(F)c2)n1. The van der Waals surface area contributed by atoms with Crippen molar-refractivity contribution in [1.82, 2.24) is 14.8 Å². The zero-order chi connectivity index (χ0) is 19.7. The molecule has 0 unspecified atom stereocenters. The molecule has 0 radical (unpaired) electrons. The first-order valence-corrected chi connectivity index (χ1v) is 9.23. The molecule has 1 amide bonds. The summed E-state index contributed by atoms with van der Waals surface area (Å²) in [6, 6.07) is 13.7. The fourth-order valence-electron chi connectivity index (χ4n) is 2.71. The molecule has 140 valence electrons. The minimum atomic E-state index is -0.539. The number of amides is 1. The molecule has 2 heterocycles. The molecule has 0 aliphatic rings.